The molecule has 21 heavy (non-hydrogen) atoms. The predicted molar refractivity (Wildman–Crippen MR) is 82.3 cm³/mol. The molecule has 2 rings (SSSR count). The van der Waals surface area contributed by atoms with E-state index in [0.29, 0.717) is 24.3 Å². The first-order valence-electron chi connectivity index (χ1n) is 7.44. The first-order valence-corrected chi connectivity index (χ1v) is 8.32. The van der Waals surface area contributed by atoms with E-state index in [0.717, 1.165) is 25.8 Å². The molecular formula is C15H22N2O3S. The molecule has 0 saturated carbocycles. The monoisotopic (exact) mass is 310 g/mol. The molecule has 1 aliphatic heterocycles. The minimum atomic E-state index is -0.122. The number of likely N-dealkylation sites (tertiary alicyclic amines) is 1. The number of amides is 2. The lowest BCUT2D eigenvalue weighted by molar-refractivity contribution is -0.135. The van der Waals surface area contributed by atoms with Gasteiger partial charge in [0.25, 0.3) is 5.91 Å². The molecule has 1 aromatic heterocycles. The van der Waals surface area contributed by atoms with Gasteiger partial charge in [0.15, 0.2) is 0 Å². The fourth-order valence-electron chi connectivity index (χ4n) is 2.70. The van der Waals surface area contributed by atoms with Crippen molar-refractivity contribution in [2.75, 3.05) is 19.7 Å². The number of piperidine rings is 1. The van der Waals surface area contributed by atoms with Crippen molar-refractivity contribution in [2.24, 2.45) is 0 Å². The first-order chi connectivity index (χ1) is 10.2. The summed E-state index contributed by atoms with van der Waals surface area (Å²) >= 11 is 1.39. The maximum absolute atomic E-state index is 12.2. The molecule has 0 spiro atoms. The van der Waals surface area contributed by atoms with Crippen molar-refractivity contribution in [1.29, 1.82) is 0 Å². The molecule has 2 heterocycles. The van der Waals surface area contributed by atoms with Crippen molar-refractivity contribution in [1.82, 2.24) is 10.2 Å². The largest absolute Gasteiger partial charge is 0.396 e. The van der Waals surface area contributed by atoms with Gasteiger partial charge >= 0.3 is 0 Å². The van der Waals surface area contributed by atoms with E-state index in [4.69, 9.17) is 5.11 Å². The molecule has 1 unspecified atom stereocenters. The second kappa shape index (κ2) is 8.14. The summed E-state index contributed by atoms with van der Waals surface area (Å²) in [6, 6.07) is 3.76. The van der Waals surface area contributed by atoms with Crippen LogP contribution in [0.25, 0.3) is 0 Å². The molecule has 6 heteroatoms. The van der Waals surface area contributed by atoms with E-state index in [9.17, 15) is 9.59 Å². The summed E-state index contributed by atoms with van der Waals surface area (Å²) in [5, 5.41) is 13.7. The van der Waals surface area contributed by atoms with E-state index in [1.165, 1.54) is 11.3 Å². The molecule has 0 bridgehead atoms. The van der Waals surface area contributed by atoms with Crippen molar-refractivity contribution in [3.05, 3.63) is 22.4 Å². The van der Waals surface area contributed by atoms with E-state index in [-0.39, 0.29) is 24.5 Å². The van der Waals surface area contributed by atoms with Crippen LogP contribution in [0.3, 0.4) is 0 Å². The van der Waals surface area contributed by atoms with Gasteiger partial charge in [-0.2, -0.15) is 0 Å². The van der Waals surface area contributed by atoms with Gasteiger partial charge in [-0.1, -0.05) is 6.07 Å². The number of thiophene rings is 1. The molecule has 1 aromatic rings. The lowest BCUT2D eigenvalue weighted by Crippen LogP contribution is -2.45. The van der Waals surface area contributed by atoms with E-state index >= 15 is 0 Å². The summed E-state index contributed by atoms with van der Waals surface area (Å²) in [4.78, 5) is 26.6. The summed E-state index contributed by atoms with van der Waals surface area (Å²) in [6.07, 6.45) is 4.07. The Kier molecular flexibility index (Phi) is 6.20. The Balaban J connectivity index is 1.76. The van der Waals surface area contributed by atoms with Crippen molar-refractivity contribution in [3.63, 3.8) is 0 Å². The second-order valence-electron chi connectivity index (χ2n) is 5.23. The SMILES string of the molecule is O=C(NCCC(=O)N1CCCCC1CCO)c1cccs1. The van der Waals surface area contributed by atoms with Crippen LogP contribution in [-0.4, -0.2) is 47.6 Å². The van der Waals surface area contributed by atoms with Gasteiger partial charge in [-0.05, 0) is 37.1 Å². The highest BCUT2D eigenvalue weighted by molar-refractivity contribution is 7.12. The second-order valence-corrected chi connectivity index (χ2v) is 6.18. The van der Waals surface area contributed by atoms with Crippen molar-refractivity contribution >= 4 is 23.2 Å². The molecule has 0 aromatic carbocycles. The van der Waals surface area contributed by atoms with Crippen molar-refractivity contribution in [2.45, 2.75) is 38.1 Å². The third-order valence-corrected chi connectivity index (χ3v) is 4.65. The number of carbonyl (C=O) groups excluding carboxylic acids is 2. The van der Waals surface area contributed by atoms with Crippen LogP contribution in [-0.2, 0) is 4.79 Å². The van der Waals surface area contributed by atoms with Crippen LogP contribution in [0.5, 0.6) is 0 Å². The van der Waals surface area contributed by atoms with E-state index in [1.807, 2.05) is 16.3 Å². The molecule has 116 valence electrons. The van der Waals surface area contributed by atoms with Gasteiger partial charge in [-0.15, -0.1) is 11.3 Å². The molecular weight excluding hydrogens is 288 g/mol. The van der Waals surface area contributed by atoms with Crippen LogP contribution in [0.1, 0.15) is 41.8 Å². The predicted octanol–water partition coefficient (Wildman–Crippen LogP) is 1.63. The maximum Gasteiger partial charge on any atom is 0.261 e. The van der Waals surface area contributed by atoms with Gasteiger partial charge in [0.05, 0.1) is 4.88 Å². The molecule has 5 nitrogen and oxygen atoms in total. The average Bonchev–Trinajstić information content (AvgIpc) is 3.02. The smallest absolute Gasteiger partial charge is 0.261 e. The third kappa shape index (κ3) is 4.54. The number of nitrogens with zero attached hydrogens (tertiary/aromatic N) is 1. The number of aliphatic hydroxyl groups is 1. The summed E-state index contributed by atoms with van der Waals surface area (Å²) < 4.78 is 0. The average molecular weight is 310 g/mol. The van der Waals surface area contributed by atoms with Crippen LogP contribution < -0.4 is 5.32 Å². The molecule has 0 aliphatic carbocycles. The van der Waals surface area contributed by atoms with E-state index in [2.05, 4.69) is 5.32 Å². The van der Waals surface area contributed by atoms with Gasteiger partial charge in [0, 0.05) is 32.2 Å². The molecule has 1 aliphatic rings. The van der Waals surface area contributed by atoms with Gasteiger partial charge in [0.2, 0.25) is 5.91 Å². The highest BCUT2D eigenvalue weighted by atomic mass is 32.1. The molecule has 2 amide bonds. The Morgan fingerprint density at radius 3 is 3.00 bits per heavy atom. The number of nitrogens with one attached hydrogen (secondary N) is 1. The third-order valence-electron chi connectivity index (χ3n) is 3.78. The van der Waals surface area contributed by atoms with E-state index in [1.54, 1.807) is 6.07 Å². The zero-order valence-electron chi connectivity index (χ0n) is 12.1. The molecule has 1 fully saturated rings. The van der Waals surface area contributed by atoms with Gasteiger partial charge < -0.3 is 15.3 Å². The summed E-state index contributed by atoms with van der Waals surface area (Å²) in [6.45, 7) is 1.24. The number of carbonyl (C=O) groups is 2. The molecule has 1 atom stereocenters. The molecule has 1 saturated heterocycles. The maximum atomic E-state index is 12.2. The van der Waals surface area contributed by atoms with Crippen LogP contribution in [0.15, 0.2) is 17.5 Å². The molecule has 2 N–H and O–H groups in total. The summed E-state index contributed by atoms with van der Waals surface area (Å²) in [7, 11) is 0. The lowest BCUT2D eigenvalue weighted by Gasteiger charge is -2.35. The topological polar surface area (TPSA) is 69.6 Å². The fourth-order valence-corrected chi connectivity index (χ4v) is 3.34. The number of hydrogen-bond acceptors (Lipinski definition) is 4. The minimum absolute atomic E-state index is 0.0691. The summed E-state index contributed by atoms with van der Waals surface area (Å²) in [5.74, 6) is -0.0528. The Labute approximate surface area is 129 Å². The zero-order valence-corrected chi connectivity index (χ0v) is 12.9. The minimum Gasteiger partial charge on any atom is -0.396 e. The van der Waals surface area contributed by atoms with Gasteiger partial charge in [0.1, 0.15) is 0 Å². The Bertz CT molecular complexity index is 459. The normalized spacial score (nSPS) is 18.5. The highest BCUT2D eigenvalue weighted by Gasteiger charge is 2.25. The van der Waals surface area contributed by atoms with E-state index < -0.39 is 0 Å². The summed E-state index contributed by atoms with van der Waals surface area (Å²) in [5.41, 5.74) is 0. The standard InChI is InChI=1S/C15H22N2O3S/c18-10-7-12-4-1-2-9-17(12)14(19)6-8-16-15(20)13-5-3-11-21-13/h3,5,11-12,18H,1-2,4,6-10H2,(H,16,20). The lowest BCUT2D eigenvalue weighted by atomic mass is 9.99. The van der Waals surface area contributed by atoms with Gasteiger partial charge in [-0.3, -0.25) is 9.59 Å². The quantitative estimate of drug-likeness (QED) is 0.839. The van der Waals surface area contributed by atoms with Crippen LogP contribution in [0, 0.1) is 0 Å². The fraction of sp³-hybridized carbons (Fsp3) is 0.600. The number of hydrogen-bond donors (Lipinski definition) is 2. The Hall–Kier alpha value is -1.40. The zero-order chi connectivity index (χ0) is 15.1. The van der Waals surface area contributed by atoms with Crippen LogP contribution in [0.4, 0.5) is 0 Å². The molecule has 0 radical (unpaired) electrons. The van der Waals surface area contributed by atoms with Crippen molar-refractivity contribution in [3.8, 4) is 0 Å². The Morgan fingerprint density at radius 2 is 2.29 bits per heavy atom. The van der Waals surface area contributed by atoms with Gasteiger partial charge in [-0.25, -0.2) is 0 Å². The Morgan fingerprint density at radius 1 is 1.43 bits per heavy atom. The highest BCUT2D eigenvalue weighted by Crippen LogP contribution is 2.20. The van der Waals surface area contributed by atoms with Crippen molar-refractivity contribution < 1.29 is 14.7 Å². The number of aliphatic hydroxyl groups excluding tert-OH is 1. The van der Waals surface area contributed by atoms with Crippen LogP contribution in [0.2, 0.25) is 0 Å². The van der Waals surface area contributed by atoms with Crippen LogP contribution >= 0.6 is 11.3 Å². The first kappa shape index (κ1) is 16.0. The number of rotatable bonds is 6.